The molecule has 0 heterocycles. The highest BCUT2D eigenvalue weighted by molar-refractivity contribution is 5.77. The van der Waals surface area contributed by atoms with Crippen LogP contribution in [0.4, 0.5) is 0 Å². The fourth-order valence-electron chi connectivity index (χ4n) is 1.04. The van der Waals surface area contributed by atoms with Crippen LogP contribution in [-0.2, 0) is 9.53 Å². The van der Waals surface area contributed by atoms with E-state index in [1.54, 1.807) is 0 Å². The summed E-state index contributed by atoms with van der Waals surface area (Å²) in [5.74, 6) is 0.700. The molecular formula is C12H26N2O2. The van der Waals surface area contributed by atoms with Crippen molar-refractivity contribution < 1.29 is 9.53 Å². The molecule has 0 aromatic heterocycles. The number of nitrogens with one attached hydrogen (secondary N) is 2. The first-order chi connectivity index (χ1) is 7.52. The predicted octanol–water partition coefficient (Wildman–Crippen LogP) is 1.16. The first kappa shape index (κ1) is 15.4. The third-order valence-corrected chi connectivity index (χ3v) is 2.08. The van der Waals surface area contributed by atoms with Crippen molar-refractivity contribution in [3.63, 3.8) is 0 Å². The quantitative estimate of drug-likeness (QED) is 0.584. The van der Waals surface area contributed by atoms with Crippen LogP contribution in [0.2, 0.25) is 0 Å². The van der Waals surface area contributed by atoms with E-state index in [1.165, 1.54) is 0 Å². The summed E-state index contributed by atoms with van der Waals surface area (Å²) in [6.07, 6.45) is 1.07. The fourth-order valence-corrected chi connectivity index (χ4v) is 1.04. The number of amides is 1. The summed E-state index contributed by atoms with van der Waals surface area (Å²) in [7, 11) is 0. The lowest BCUT2D eigenvalue weighted by Crippen LogP contribution is -2.38. The van der Waals surface area contributed by atoms with Gasteiger partial charge < -0.3 is 15.4 Å². The van der Waals surface area contributed by atoms with Crippen LogP contribution >= 0.6 is 0 Å². The van der Waals surface area contributed by atoms with Crippen LogP contribution in [0.1, 0.15) is 34.1 Å². The van der Waals surface area contributed by atoms with Crippen molar-refractivity contribution in [1.29, 1.82) is 0 Å². The molecule has 4 heteroatoms. The number of carbonyl (C=O) groups excluding carboxylic acids is 1. The lowest BCUT2D eigenvalue weighted by molar-refractivity contribution is -0.120. The number of ether oxygens (including phenoxy) is 1. The molecule has 0 unspecified atom stereocenters. The molecule has 0 saturated carbocycles. The topological polar surface area (TPSA) is 50.4 Å². The van der Waals surface area contributed by atoms with E-state index in [9.17, 15) is 4.79 Å². The summed E-state index contributed by atoms with van der Waals surface area (Å²) >= 11 is 0. The van der Waals surface area contributed by atoms with E-state index in [0.717, 1.165) is 13.0 Å². The largest absolute Gasteiger partial charge is 0.380 e. The first-order valence-corrected chi connectivity index (χ1v) is 6.10. The minimum absolute atomic E-state index is 0.0289. The minimum Gasteiger partial charge on any atom is -0.380 e. The Bertz CT molecular complexity index is 182. The van der Waals surface area contributed by atoms with Crippen LogP contribution in [0.3, 0.4) is 0 Å². The van der Waals surface area contributed by atoms with Crippen molar-refractivity contribution in [2.45, 2.75) is 40.2 Å². The molecule has 0 bridgehead atoms. The van der Waals surface area contributed by atoms with Crippen LogP contribution in [0.15, 0.2) is 0 Å². The lowest BCUT2D eigenvalue weighted by atomic mass is 10.1. The maximum atomic E-state index is 11.3. The Balaban J connectivity index is 3.21. The van der Waals surface area contributed by atoms with Crippen LogP contribution in [-0.4, -0.2) is 38.3 Å². The van der Waals surface area contributed by atoms with Crippen molar-refractivity contribution in [3.05, 3.63) is 0 Å². The second kappa shape index (κ2) is 9.60. The van der Waals surface area contributed by atoms with Gasteiger partial charge in [-0.1, -0.05) is 27.7 Å². The second-order valence-electron chi connectivity index (χ2n) is 4.68. The summed E-state index contributed by atoms with van der Waals surface area (Å²) in [6.45, 7) is 10.7. The molecule has 0 aromatic carbocycles. The molecule has 0 aromatic rings. The predicted molar refractivity (Wildman–Crippen MR) is 66.4 cm³/mol. The van der Waals surface area contributed by atoms with Crippen molar-refractivity contribution in [2.75, 3.05) is 26.3 Å². The van der Waals surface area contributed by atoms with Crippen LogP contribution in [0.25, 0.3) is 0 Å². The highest BCUT2D eigenvalue weighted by Gasteiger charge is 2.01. The molecule has 4 nitrogen and oxygen atoms in total. The van der Waals surface area contributed by atoms with Crippen LogP contribution < -0.4 is 10.6 Å². The van der Waals surface area contributed by atoms with Gasteiger partial charge in [-0.15, -0.1) is 0 Å². The zero-order valence-corrected chi connectivity index (χ0v) is 11.0. The lowest BCUT2D eigenvalue weighted by Gasteiger charge is -2.09. The number of rotatable bonds is 9. The molecule has 0 aliphatic carbocycles. The highest BCUT2D eigenvalue weighted by Crippen LogP contribution is 1.98. The maximum absolute atomic E-state index is 11.3. The normalized spacial score (nSPS) is 11.1. The molecule has 16 heavy (non-hydrogen) atoms. The van der Waals surface area contributed by atoms with Crippen molar-refractivity contribution in [1.82, 2.24) is 10.6 Å². The third-order valence-electron chi connectivity index (χ3n) is 2.08. The Labute approximate surface area is 99.1 Å². The minimum atomic E-state index is 0.0289. The van der Waals surface area contributed by atoms with E-state index >= 15 is 0 Å². The summed E-state index contributed by atoms with van der Waals surface area (Å²) in [4.78, 5) is 11.3. The van der Waals surface area contributed by atoms with Gasteiger partial charge in [0.1, 0.15) is 0 Å². The van der Waals surface area contributed by atoms with Gasteiger partial charge in [-0.2, -0.15) is 0 Å². The molecule has 0 radical (unpaired) electrons. The monoisotopic (exact) mass is 230 g/mol. The Hall–Kier alpha value is -0.610. The van der Waals surface area contributed by atoms with E-state index in [0.29, 0.717) is 31.7 Å². The number of hydrogen-bond donors (Lipinski definition) is 2. The van der Waals surface area contributed by atoms with Gasteiger partial charge in [0.25, 0.3) is 0 Å². The highest BCUT2D eigenvalue weighted by atomic mass is 16.5. The molecule has 0 rings (SSSR count). The molecule has 0 saturated heterocycles. The van der Waals surface area contributed by atoms with Gasteiger partial charge in [-0.3, -0.25) is 4.79 Å². The second-order valence-corrected chi connectivity index (χ2v) is 4.68. The Morgan fingerprint density at radius 2 is 1.88 bits per heavy atom. The number of hydrogen-bond acceptors (Lipinski definition) is 3. The molecule has 0 fully saturated rings. The molecule has 96 valence electrons. The van der Waals surface area contributed by atoms with Crippen LogP contribution in [0.5, 0.6) is 0 Å². The van der Waals surface area contributed by atoms with E-state index in [1.807, 2.05) is 13.8 Å². The van der Waals surface area contributed by atoms with Gasteiger partial charge in [0, 0.05) is 19.2 Å². The Morgan fingerprint density at radius 3 is 2.44 bits per heavy atom. The zero-order valence-electron chi connectivity index (χ0n) is 11.0. The SMILES string of the molecule is CC(C)CCOCCNC(=O)CNC(C)C. The summed E-state index contributed by atoms with van der Waals surface area (Å²) in [5.41, 5.74) is 0. The van der Waals surface area contributed by atoms with Gasteiger partial charge >= 0.3 is 0 Å². The Morgan fingerprint density at radius 1 is 1.19 bits per heavy atom. The van der Waals surface area contributed by atoms with Gasteiger partial charge in [-0.25, -0.2) is 0 Å². The maximum Gasteiger partial charge on any atom is 0.234 e. The Kier molecular flexibility index (Phi) is 9.24. The summed E-state index contributed by atoms with van der Waals surface area (Å²) < 4.78 is 5.39. The van der Waals surface area contributed by atoms with Crippen molar-refractivity contribution >= 4 is 5.91 Å². The van der Waals surface area contributed by atoms with E-state index in [2.05, 4.69) is 24.5 Å². The standard InChI is InChI=1S/C12H26N2O2/c1-10(2)5-7-16-8-6-13-12(15)9-14-11(3)4/h10-11,14H,5-9H2,1-4H3,(H,13,15). The van der Waals surface area contributed by atoms with E-state index in [-0.39, 0.29) is 5.91 Å². The number of carbonyl (C=O) groups is 1. The molecule has 2 N–H and O–H groups in total. The van der Waals surface area contributed by atoms with Crippen LogP contribution in [0, 0.1) is 5.92 Å². The average molecular weight is 230 g/mol. The van der Waals surface area contributed by atoms with Crippen molar-refractivity contribution in [3.8, 4) is 0 Å². The fraction of sp³-hybridized carbons (Fsp3) is 0.917. The molecule has 1 amide bonds. The average Bonchev–Trinajstić information content (AvgIpc) is 2.19. The van der Waals surface area contributed by atoms with Gasteiger partial charge in [0.15, 0.2) is 0 Å². The third kappa shape index (κ3) is 11.5. The van der Waals surface area contributed by atoms with Gasteiger partial charge in [-0.05, 0) is 12.3 Å². The summed E-state index contributed by atoms with van der Waals surface area (Å²) in [6, 6.07) is 0.341. The molecule has 0 aliphatic rings. The van der Waals surface area contributed by atoms with Gasteiger partial charge in [0.05, 0.1) is 13.2 Å². The van der Waals surface area contributed by atoms with Gasteiger partial charge in [0.2, 0.25) is 5.91 Å². The summed E-state index contributed by atoms with van der Waals surface area (Å²) in [5, 5.41) is 5.86. The first-order valence-electron chi connectivity index (χ1n) is 6.10. The van der Waals surface area contributed by atoms with E-state index in [4.69, 9.17) is 4.74 Å². The molecular weight excluding hydrogens is 204 g/mol. The smallest absolute Gasteiger partial charge is 0.234 e. The molecule has 0 aliphatic heterocycles. The van der Waals surface area contributed by atoms with E-state index < -0.39 is 0 Å². The molecule has 0 spiro atoms. The molecule has 0 atom stereocenters. The van der Waals surface area contributed by atoms with Crippen molar-refractivity contribution in [2.24, 2.45) is 5.92 Å². The zero-order chi connectivity index (χ0) is 12.4.